The maximum Gasteiger partial charge on any atom is 0.327 e. The topological polar surface area (TPSA) is 87.8 Å². The number of amides is 2. The highest BCUT2D eigenvalue weighted by atomic mass is 16.3. The van der Waals surface area contributed by atoms with Gasteiger partial charge in [0.05, 0.1) is 23.4 Å². The van der Waals surface area contributed by atoms with Crippen molar-refractivity contribution in [3.8, 4) is 6.07 Å². The highest BCUT2D eigenvalue weighted by molar-refractivity contribution is 6.06. The summed E-state index contributed by atoms with van der Waals surface area (Å²) in [6.07, 6.45) is -1.34. The number of nitriles is 1. The number of benzene rings is 2. The van der Waals surface area contributed by atoms with Gasteiger partial charge in [-0.2, -0.15) is 5.26 Å². The molecule has 2 N–H and O–H groups in total. The molecule has 6 heteroatoms. The summed E-state index contributed by atoms with van der Waals surface area (Å²) in [5, 5.41) is 31.3. The Balaban J connectivity index is 1.88. The first-order valence-electron chi connectivity index (χ1n) is 7.51. The van der Waals surface area contributed by atoms with E-state index in [1.54, 1.807) is 12.1 Å². The summed E-state index contributed by atoms with van der Waals surface area (Å²) in [5.41, 5.74) is 1.07. The molecule has 116 valence electrons. The molecule has 0 spiro atoms. The summed E-state index contributed by atoms with van der Waals surface area (Å²) in [4.78, 5) is 15.5. The van der Waals surface area contributed by atoms with Crippen LogP contribution in [0, 0.1) is 11.3 Å². The van der Waals surface area contributed by atoms with E-state index in [0.717, 1.165) is 10.8 Å². The largest absolute Gasteiger partial charge is 0.391 e. The third-order valence-electron chi connectivity index (χ3n) is 4.72. The number of fused-ring (bicyclic) bond motifs is 2. The summed E-state index contributed by atoms with van der Waals surface area (Å²) < 4.78 is 0. The summed E-state index contributed by atoms with van der Waals surface area (Å²) in [6.45, 7) is 0.437. The Kier molecular flexibility index (Phi) is 3.01. The van der Waals surface area contributed by atoms with E-state index < -0.39 is 18.4 Å². The van der Waals surface area contributed by atoms with Crippen molar-refractivity contribution in [2.75, 3.05) is 11.4 Å². The zero-order chi connectivity index (χ0) is 16.1. The summed E-state index contributed by atoms with van der Waals surface area (Å²) >= 11 is 0. The lowest BCUT2D eigenvalue weighted by Crippen LogP contribution is -2.41. The molecule has 2 amide bonds. The van der Waals surface area contributed by atoms with Gasteiger partial charge in [-0.1, -0.05) is 24.3 Å². The molecule has 3 atom stereocenters. The van der Waals surface area contributed by atoms with Crippen LogP contribution in [0.1, 0.15) is 12.0 Å². The Hall–Kier alpha value is -2.62. The van der Waals surface area contributed by atoms with Crippen LogP contribution in [0.4, 0.5) is 10.5 Å². The maximum atomic E-state index is 12.7. The highest BCUT2D eigenvalue weighted by Crippen LogP contribution is 2.38. The number of anilines is 1. The minimum absolute atomic E-state index is 0.311. The van der Waals surface area contributed by atoms with Gasteiger partial charge in [0.15, 0.2) is 6.23 Å². The third-order valence-corrected chi connectivity index (χ3v) is 4.72. The molecule has 0 saturated carbocycles. The number of urea groups is 1. The fourth-order valence-corrected chi connectivity index (χ4v) is 3.62. The van der Waals surface area contributed by atoms with Gasteiger partial charge in [0.2, 0.25) is 0 Å². The van der Waals surface area contributed by atoms with E-state index in [1.807, 2.05) is 24.3 Å². The second kappa shape index (κ2) is 4.95. The van der Waals surface area contributed by atoms with Crippen LogP contribution in [0.2, 0.25) is 0 Å². The van der Waals surface area contributed by atoms with Crippen molar-refractivity contribution in [2.45, 2.75) is 24.8 Å². The molecule has 4 rings (SSSR count). The standard InChI is InChI=1S/C17H15N3O3/c18-9-10-5-6-13(12-4-2-1-3-11(10)12)20-16(22)15-14(21)7-8-19(15)17(20)23/h1-6,14-16,21-22H,7-8H2. The fourth-order valence-electron chi connectivity index (χ4n) is 3.62. The molecule has 0 radical (unpaired) electrons. The molecule has 23 heavy (non-hydrogen) atoms. The third kappa shape index (κ3) is 1.84. The van der Waals surface area contributed by atoms with E-state index in [-0.39, 0.29) is 6.03 Å². The number of aliphatic hydroxyl groups excluding tert-OH is 2. The lowest BCUT2D eigenvalue weighted by Gasteiger charge is -2.24. The van der Waals surface area contributed by atoms with E-state index in [2.05, 4.69) is 6.07 Å². The minimum Gasteiger partial charge on any atom is -0.391 e. The molecule has 3 unspecified atom stereocenters. The molecular weight excluding hydrogens is 294 g/mol. The van der Waals surface area contributed by atoms with Crippen LogP contribution in [0.5, 0.6) is 0 Å². The first kappa shape index (κ1) is 14.0. The van der Waals surface area contributed by atoms with Crippen molar-refractivity contribution >= 4 is 22.5 Å². The average molecular weight is 309 g/mol. The Morgan fingerprint density at radius 2 is 1.87 bits per heavy atom. The summed E-state index contributed by atoms with van der Waals surface area (Å²) in [7, 11) is 0. The first-order chi connectivity index (χ1) is 11.1. The molecule has 2 aromatic rings. The molecular formula is C17H15N3O3. The van der Waals surface area contributed by atoms with Gasteiger partial charge in [-0.25, -0.2) is 4.79 Å². The molecule has 2 fully saturated rings. The van der Waals surface area contributed by atoms with E-state index in [4.69, 9.17) is 0 Å². The van der Waals surface area contributed by atoms with Crippen LogP contribution in [-0.4, -0.2) is 46.1 Å². The van der Waals surface area contributed by atoms with E-state index >= 15 is 0 Å². The first-order valence-corrected chi connectivity index (χ1v) is 7.51. The van der Waals surface area contributed by atoms with Gasteiger partial charge in [0, 0.05) is 17.3 Å². The lowest BCUT2D eigenvalue weighted by molar-refractivity contribution is 0.0593. The normalized spacial score (nSPS) is 26.7. The van der Waals surface area contributed by atoms with Crippen molar-refractivity contribution in [3.63, 3.8) is 0 Å². The molecule has 0 bridgehead atoms. The smallest absolute Gasteiger partial charge is 0.327 e. The number of nitrogens with zero attached hydrogens (tertiary/aromatic N) is 3. The fraction of sp³-hybridized carbons (Fsp3) is 0.294. The number of rotatable bonds is 1. The van der Waals surface area contributed by atoms with Gasteiger partial charge in [0.1, 0.15) is 6.04 Å². The van der Waals surface area contributed by atoms with Crippen LogP contribution in [-0.2, 0) is 0 Å². The van der Waals surface area contributed by atoms with Crippen molar-refractivity contribution in [3.05, 3.63) is 42.0 Å². The lowest BCUT2D eigenvalue weighted by atomic mass is 10.0. The molecule has 2 aliphatic heterocycles. The van der Waals surface area contributed by atoms with Gasteiger partial charge in [-0.15, -0.1) is 0 Å². The average Bonchev–Trinajstić information content (AvgIpc) is 3.07. The Morgan fingerprint density at radius 1 is 1.13 bits per heavy atom. The van der Waals surface area contributed by atoms with Crippen molar-refractivity contribution in [1.82, 2.24) is 4.90 Å². The van der Waals surface area contributed by atoms with Gasteiger partial charge < -0.3 is 15.1 Å². The number of carbonyl (C=O) groups is 1. The number of hydrogen-bond donors (Lipinski definition) is 2. The van der Waals surface area contributed by atoms with Gasteiger partial charge in [-0.3, -0.25) is 4.90 Å². The second-order valence-electron chi connectivity index (χ2n) is 5.90. The van der Waals surface area contributed by atoms with Crippen molar-refractivity contribution in [2.24, 2.45) is 0 Å². The van der Waals surface area contributed by atoms with Crippen LogP contribution < -0.4 is 4.90 Å². The highest BCUT2D eigenvalue weighted by Gasteiger charge is 2.52. The molecule has 2 aliphatic rings. The molecule has 2 aromatic carbocycles. The summed E-state index contributed by atoms with van der Waals surface area (Å²) in [6, 6.07) is 11.9. The van der Waals surface area contributed by atoms with Crippen LogP contribution in [0.15, 0.2) is 36.4 Å². The Bertz CT molecular complexity index is 845. The monoisotopic (exact) mass is 309 g/mol. The van der Waals surface area contributed by atoms with E-state index in [0.29, 0.717) is 24.2 Å². The zero-order valence-corrected chi connectivity index (χ0v) is 12.3. The quantitative estimate of drug-likeness (QED) is 0.833. The van der Waals surface area contributed by atoms with Gasteiger partial charge in [0.25, 0.3) is 0 Å². The van der Waals surface area contributed by atoms with Gasteiger partial charge in [-0.05, 0) is 18.6 Å². The molecule has 0 aromatic heterocycles. The minimum atomic E-state index is -1.10. The predicted octanol–water partition coefficient (Wildman–Crippen LogP) is 1.41. The molecule has 2 heterocycles. The molecule has 2 saturated heterocycles. The van der Waals surface area contributed by atoms with E-state index in [1.165, 1.54) is 9.80 Å². The SMILES string of the molecule is N#Cc1ccc(N2C(=O)N3CCC(O)C3C2O)c2ccccc12. The van der Waals surface area contributed by atoms with E-state index in [9.17, 15) is 20.3 Å². The number of hydrogen-bond acceptors (Lipinski definition) is 4. The number of carbonyl (C=O) groups excluding carboxylic acids is 1. The summed E-state index contributed by atoms with van der Waals surface area (Å²) in [5.74, 6) is 0. The van der Waals surface area contributed by atoms with Crippen molar-refractivity contribution in [1.29, 1.82) is 5.26 Å². The second-order valence-corrected chi connectivity index (χ2v) is 5.90. The zero-order valence-electron chi connectivity index (χ0n) is 12.3. The van der Waals surface area contributed by atoms with Crippen LogP contribution in [0.3, 0.4) is 0 Å². The molecule has 6 nitrogen and oxygen atoms in total. The Labute approximate surface area is 132 Å². The molecule has 0 aliphatic carbocycles. The predicted molar refractivity (Wildman–Crippen MR) is 83.7 cm³/mol. The Morgan fingerprint density at radius 3 is 2.57 bits per heavy atom. The van der Waals surface area contributed by atoms with Crippen LogP contribution in [0.25, 0.3) is 10.8 Å². The van der Waals surface area contributed by atoms with Crippen molar-refractivity contribution < 1.29 is 15.0 Å². The number of aliphatic hydroxyl groups is 2. The maximum absolute atomic E-state index is 12.7. The van der Waals surface area contributed by atoms with Crippen LogP contribution >= 0.6 is 0 Å². The van der Waals surface area contributed by atoms with Gasteiger partial charge >= 0.3 is 6.03 Å².